The van der Waals surface area contributed by atoms with Gasteiger partial charge in [-0.1, -0.05) is 53.2 Å². The summed E-state index contributed by atoms with van der Waals surface area (Å²) in [7, 11) is 0. The predicted octanol–water partition coefficient (Wildman–Crippen LogP) is 3.44. The van der Waals surface area contributed by atoms with E-state index >= 15 is 0 Å². The molecule has 26 heavy (non-hydrogen) atoms. The quantitative estimate of drug-likeness (QED) is 0.736. The third-order valence-corrected chi connectivity index (χ3v) is 3.96. The van der Waals surface area contributed by atoms with Gasteiger partial charge < -0.3 is 14.6 Å². The van der Waals surface area contributed by atoms with E-state index in [9.17, 15) is 4.79 Å². The Hall–Kier alpha value is -3.15. The molecule has 6 heteroatoms. The molecular weight excluding hydrogens is 330 g/mol. The Morgan fingerprint density at radius 3 is 2.62 bits per heavy atom. The van der Waals surface area contributed by atoms with Crippen molar-refractivity contribution >= 4 is 5.91 Å². The third-order valence-electron chi connectivity index (χ3n) is 3.96. The monoisotopic (exact) mass is 351 g/mol. The van der Waals surface area contributed by atoms with Crippen molar-refractivity contribution in [3.8, 4) is 17.1 Å². The second-order valence-electron chi connectivity index (χ2n) is 6.12. The number of benzene rings is 2. The Bertz CT molecular complexity index is 887. The minimum absolute atomic E-state index is 0.152. The molecule has 0 aliphatic carbocycles. The van der Waals surface area contributed by atoms with Crippen LogP contribution in [0.25, 0.3) is 11.4 Å². The van der Waals surface area contributed by atoms with E-state index in [4.69, 9.17) is 9.26 Å². The van der Waals surface area contributed by atoms with Crippen LogP contribution in [0.1, 0.15) is 23.9 Å². The van der Waals surface area contributed by atoms with Gasteiger partial charge in [0.15, 0.2) is 6.10 Å². The molecule has 0 spiro atoms. The first-order valence-electron chi connectivity index (χ1n) is 8.42. The van der Waals surface area contributed by atoms with E-state index in [0.29, 0.717) is 17.5 Å². The van der Waals surface area contributed by atoms with Crippen LogP contribution in [0.15, 0.2) is 53.1 Å². The molecule has 0 aliphatic rings. The number of amides is 1. The van der Waals surface area contributed by atoms with Crippen LogP contribution < -0.4 is 10.1 Å². The number of aromatic nitrogens is 2. The van der Waals surface area contributed by atoms with Crippen LogP contribution in [-0.4, -0.2) is 22.2 Å². The second-order valence-corrected chi connectivity index (χ2v) is 6.12. The van der Waals surface area contributed by atoms with E-state index in [1.165, 1.54) is 0 Å². The van der Waals surface area contributed by atoms with E-state index in [2.05, 4.69) is 15.5 Å². The number of carbonyl (C=O) groups excluding carboxylic acids is 1. The van der Waals surface area contributed by atoms with Gasteiger partial charge in [0.1, 0.15) is 5.75 Å². The first-order chi connectivity index (χ1) is 12.5. The van der Waals surface area contributed by atoms with E-state index in [1.807, 2.05) is 62.4 Å². The highest BCUT2D eigenvalue weighted by molar-refractivity contribution is 5.80. The fraction of sp³-hybridized carbons (Fsp3) is 0.250. The highest BCUT2D eigenvalue weighted by atomic mass is 16.5. The van der Waals surface area contributed by atoms with Gasteiger partial charge in [-0.05, 0) is 32.4 Å². The highest BCUT2D eigenvalue weighted by Gasteiger charge is 2.17. The van der Waals surface area contributed by atoms with E-state index < -0.39 is 6.10 Å². The van der Waals surface area contributed by atoms with Gasteiger partial charge in [0, 0.05) is 5.56 Å². The zero-order chi connectivity index (χ0) is 18.5. The minimum atomic E-state index is -0.629. The highest BCUT2D eigenvalue weighted by Crippen LogP contribution is 2.18. The Kier molecular flexibility index (Phi) is 5.31. The van der Waals surface area contributed by atoms with E-state index in [-0.39, 0.29) is 12.5 Å². The number of nitrogens with zero attached hydrogens (tertiary/aromatic N) is 2. The van der Waals surface area contributed by atoms with Gasteiger partial charge in [-0.15, -0.1) is 0 Å². The van der Waals surface area contributed by atoms with Crippen molar-refractivity contribution < 1.29 is 14.1 Å². The van der Waals surface area contributed by atoms with Crippen LogP contribution in [0.2, 0.25) is 0 Å². The smallest absolute Gasteiger partial charge is 0.261 e. The number of ether oxygens (including phenoxy) is 1. The van der Waals surface area contributed by atoms with Crippen molar-refractivity contribution in [2.75, 3.05) is 0 Å². The Labute approximate surface area is 152 Å². The van der Waals surface area contributed by atoms with Crippen molar-refractivity contribution in [1.82, 2.24) is 15.5 Å². The zero-order valence-corrected chi connectivity index (χ0v) is 15.0. The number of para-hydroxylation sites is 1. The first-order valence-corrected chi connectivity index (χ1v) is 8.42. The molecule has 3 rings (SSSR count). The number of rotatable bonds is 6. The molecule has 1 amide bonds. The van der Waals surface area contributed by atoms with E-state index in [0.717, 1.165) is 16.7 Å². The van der Waals surface area contributed by atoms with E-state index in [1.54, 1.807) is 6.92 Å². The Balaban J connectivity index is 1.56. The molecule has 0 unspecified atom stereocenters. The lowest BCUT2D eigenvalue weighted by Crippen LogP contribution is -2.36. The summed E-state index contributed by atoms with van der Waals surface area (Å²) >= 11 is 0. The lowest BCUT2D eigenvalue weighted by Gasteiger charge is -2.15. The molecule has 0 saturated heterocycles. The van der Waals surface area contributed by atoms with Crippen LogP contribution in [0, 0.1) is 13.8 Å². The standard InChI is InChI=1S/C20H21N3O3/c1-13-8-10-16(11-9-13)19-22-18(26-23-19)12-21-20(24)15(3)25-17-7-5-4-6-14(17)2/h4-11,15H,12H2,1-3H3,(H,21,24)/t15-/m1/s1. The van der Waals surface area contributed by atoms with Crippen molar-refractivity contribution in [3.05, 3.63) is 65.5 Å². The number of aryl methyl sites for hydroxylation is 2. The topological polar surface area (TPSA) is 77.2 Å². The summed E-state index contributed by atoms with van der Waals surface area (Å²) in [6, 6.07) is 15.4. The fourth-order valence-electron chi connectivity index (χ4n) is 2.39. The van der Waals surface area contributed by atoms with Crippen molar-refractivity contribution in [3.63, 3.8) is 0 Å². The maximum Gasteiger partial charge on any atom is 0.261 e. The number of hydrogen-bond acceptors (Lipinski definition) is 5. The van der Waals surface area contributed by atoms with Crippen molar-refractivity contribution in [2.45, 2.75) is 33.4 Å². The fourth-order valence-corrected chi connectivity index (χ4v) is 2.39. The van der Waals surface area contributed by atoms with Gasteiger partial charge in [-0.2, -0.15) is 4.98 Å². The van der Waals surface area contributed by atoms with Crippen molar-refractivity contribution in [1.29, 1.82) is 0 Å². The maximum absolute atomic E-state index is 12.2. The van der Waals surface area contributed by atoms with Gasteiger partial charge in [0.05, 0.1) is 6.54 Å². The second kappa shape index (κ2) is 7.82. The molecule has 2 aromatic carbocycles. The molecule has 0 bridgehead atoms. The van der Waals surface area contributed by atoms with Gasteiger partial charge >= 0.3 is 0 Å². The van der Waals surface area contributed by atoms with Crippen LogP contribution >= 0.6 is 0 Å². The predicted molar refractivity (Wildman–Crippen MR) is 97.6 cm³/mol. The van der Waals surface area contributed by atoms with Gasteiger partial charge in [-0.25, -0.2) is 0 Å². The van der Waals surface area contributed by atoms with Crippen LogP contribution in [0.4, 0.5) is 0 Å². The Morgan fingerprint density at radius 1 is 1.15 bits per heavy atom. The summed E-state index contributed by atoms with van der Waals surface area (Å²) in [5.74, 6) is 1.29. The summed E-state index contributed by atoms with van der Waals surface area (Å²) in [6.45, 7) is 5.80. The lowest BCUT2D eigenvalue weighted by atomic mass is 10.1. The molecule has 1 heterocycles. The molecule has 134 valence electrons. The molecule has 6 nitrogen and oxygen atoms in total. The van der Waals surface area contributed by atoms with Gasteiger partial charge in [0.25, 0.3) is 5.91 Å². The molecule has 3 aromatic rings. The molecule has 1 aromatic heterocycles. The molecule has 1 N–H and O–H groups in total. The van der Waals surface area contributed by atoms with Gasteiger partial charge in [-0.3, -0.25) is 4.79 Å². The molecular formula is C20H21N3O3. The third kappa shape index (κ3) is 4.27. The number of carbonyl (C=O) groups is 1. The summed E-state index contributed by atoms with van der Waals surface area (Å²) in [5.41, 5.74) is 3.01. The SMILES string of the molecule is Cc1ccc(-c2noc(CNC(=O)[C@@H](C)Oc3ccccc3C)n2)cc1. The summed E-state index contributed by atoms with van der Waals surface area (Å²) in [6.07, 6.45) is -0.629. The molecule has 0 aliphatic heterocycles. The van der Waals surface area contributed by atoms with Gasteiger partial charge in [0.2, 0.25) is 11.7 Å². The van der Waals surface area contributed by atoms with Crippen LogP contribution in [0.3, 0.4) is 0 Å². The largest absolute Gasteiger partial charge is 0.481 e. The summed E-state index contributed by atoms with van der Waals surface area (Å²) in [4.78, 5) is 16.5. The maximum atomic E-state index is 12.2. The average Bonchev–Trinajstić information content (AvgIpc) is 3.11. The molecule has 0 saturated carbocycles. The van der Waals surface area contributed by atoms with Crippen molar-refractivity contribution in [2.24, 2.45) is 0 Å². The summed E-state index contributed by atoms with van der Waals surface area (Å²) in [5, 5.41) is 6.70. The number of nitrogens with one attached hydrogen (secondary N) is 1. The molecule has 0 fully saturated rings. The Morgan fingerprint density at radius 2 is 1.88 bits per heavy atom. The average molecular weight is 351 g/mol. The molecule has 1 atom stereocenters. The normalized spacial score (nSPS) is 11.8. The minimum Gasteiger partial charge on any atom is -0.481 e. The number of hydrogen-bond donors (Lipinski definition) is 1. The first kappa shape index (κ1) is 17.7. The van der Waals surface area contributed by atoms with Crippen LogP contribution in [-0.2, 0) is 11.3 Å². The van der Waals surface area contributed by atoms with Crippen LogP contribution in [0.5, 0.6) is 5.75 Å². The summed E-state index contributed by atoms with van der Waals surface area (Å²) < 4.78 is 10.9. The molecule has 0 radical (unpaired) electrons. The zero-order valence-electron chi connectivity index (χ0n) is 15.0. The lowest BCUT2D eigenvalue weighted by molar-refractivity contribution is -0.127.